The molecule has 0 spiro atoms. The van der Waals surface area contributed by atoms with Crippen LogP contribution in [0.4, 0.5) is 16.3 Å². The Bertz CT molecular complexity index is 1850. The second-order valence-corrected chi connectivity index (χ2v) is 15.5. The summed E-state index contributed by atoms with van der Waals surface area (Å²) in [4.78, 5) is 53.0. The minimum Gasteiger partial charge on any atom is -0.484 e. The number of amides is 1. The first kappa shape index (κ1) is 42.8. The smallest absolute Gasteiger partial charge is 0.484 e. The third-order valence-electron chi connectivity index (χ3n) is 8.18. The summed E-state index contributed by atoms with van der Waals surface area (Å²) in [5.41, 5.74) is 0.193. The molecule has 0 saturated carbocycles. The number of hydrogen-bond acceptors (Lipinski definition) is 14. The molecule has 18 heteroatoms. The summed E-state index contributed by atoms with van der Waals surface area (Å²) in [7, 11) is -1.75. The van der Waals surface area contributed by atoms with E-state index in [0.29, 0.717) is 5.75 Å². The number of anilines is 1. The van der Waals surface area contributed by atoms with Gasteiger partial charge in [0.25, 0.3) is 20.1 Å². The Morgan fingerprint density at radius 1 is 1.09 bits per heavy atom. The van der Waals surface area contributed by atoms with Gasteiger partial charge in [0, 0.05) is 36.8 Å². The number of ether oxygens (including phenoxy) is 4. The Morgan fingerprint density at radius 3 is 2.33 bits per heavy atom. The van der Waals surface area contributed by atoms with Gasteiger partial charge in [0.15, 0.2) is 6.61 Å². The average molecular weight is 783 g/mol. The number of rotatable bonds is 17. The van der Waals surface area contributed by atoms with Crippen molar-refractivity contribution in [1.82, 2.24) is 14.2 Å². The Hall–Kier alpha value is -4.98. The lowest BCUT2D eigenvalue weighted by Crippen LogP contribution is -2.37. The molecule has 1 unspecified atom stereocenters. The van der Waals surface area contributed by atoms with Crippen molar-refractivity contribution in [1.29, 1.82) is 5.26 Å². The van der Waals surface area contributed by atoms with Crippen LogP contribution in [0.25, 0.3) is 0 Å². The van der Waals surface area contributed by atoms with Crippen LogP contribution in [0.5, 0.6) is 11.5 Å². The zero-order valence-electron chi connectivity index (χ0n) is 31.9. The van der Waals surface area contributed by atoms with Crippen LogP contribution in [0.15, 0.2) is 65.6 Å². The summed E-state index contributed by atoms with van der Waals surface area (Å²) in [5, 5.41) is 22.7. The molecule has 0 aliphatic carbocycles. The summed E-state index contributed by atoms with van der Waals surface area (Å²) < 4.78 is 38.2. The molecular formula is C37H47N6O11P. The molecule has 296 valence electrons. The zero-order valence-corrected chi connectivity index (χ0v) is 32.8. The van der Waals surface area contributed by atoms with E-state index < -0.39 is 49.6 Å². The van der Waals surface area contributed by atoms with Gasteiger partial charge in [-0.2, -0.15) is 10.2 Å². The van der Waals surface area contributed by atoms with E-state index in [0.717, 1.165) is 5.56 Å². The third kappa shape index (κ3) is 12.5. The highest BCUT2D eigenvalue weighted by molar-refractivity contribution is 7.44. The van der Waals surface area contributed by atoms with Crippen LogP contribution >= 0.6 is 8.53 Å². The van der Waals surface area contributed by atoms with E-state index in [1.807, 2.05) is 44.5 Å². The van der Waals surface area contributed by atoms with Gasteiger partial charge in [-0.3, -0.25) is 19.5 Å². The minimum atomic E-state index is -1.75. The van der Waals surface area contributed by atoms with E-state index in [4.69, 9.17) is 33.3 Å². The number of nitro benzene ring substituents is 1. The van der Waals surface area contributed by atoms with Gasteiger partial charge in [-0.25, -0.2) is 14.3 Å². The van der Waals surface area contributed by atoms with Gasteiger partial charge in [-0.05, 0) is 69.0 Å². The fraction of sp³-hybridized carbons (Fsp3) is 0.486. The molecule has 4 rings (SSSR count). The van der Waals surface area contributed by atoms with Crippen molar-refractivity contribution in [3.63, 3.8) is 0 Å². The lowest BCUT2D eigenvalue weighted by Gasteiger charge is -2.37. The number of carbonyl (C=O) groups excluding carboxylic acids is 2. The van der Waals surface area contributed by atoms with Crippen LogP contribution < -0.4 is 20.5 Å². The van der Waals surface area contributed by atoms with E-state index >= 15 is 0 Å². The quantitative estimate of drug-likeness (QED) is 0.0381. The maximum absolute atomic E-state index is 13.3. The van der Waals surface area contributed by atoms with E-state index in [1.54, 1.807) is 12.1 Å². The van der Waals surface area contributed by atoms with Gasteiger partial charge in [0.2, 0.25) is 0 Å². The van der Waals surface area contributed by atoms with E-state index in [9.17, 15) is 24.5 Å². The molecule has 1 fully saturated rings. The van der Waals surface area contributed by atoms with E-state index in [1.165, 1.54) is 41.1 Å². The number of nitrogens with zero attached hydrogens (tertiary/aromatic N) is 5. The zero-order chi connectivity index (χ0) is 40.3. The van der Waals surface area contributed by atoms with Crippen molar-refractivity contribution in [3.8, 4) is 17.6 Å². The second kappa shape index (κ2) is 19.6. The van der Waals surface area contributed by atoms with E-state index in [-0.39, 0.29) is 67.4 Å². The number of benzene rings is 2. The van der Waals surface area contributed by atoms with Crippen LogP contribution in [-0.2, 0) is 28.7 Å². The van der Waals surface area contributed by atoms with Crippen molar-refractivity contribution < 1.29 is 42.5 Å². The Morgan fingerprint density at radius 2 is 1.75 bits per heavy atom. The first-order valence-electron chi connectivity index (χ1n) is 17.7. The summed E-state index contributed by atoms with van der Waals surface area (Å²) in [5.74, 6) is 0.0385. The number of hydrogen-bond donors (Lipinski definition) is 1. The molecule has 1 aliphatic heterocycles. The highest BCUT2D eigenvalue weighted by atomic mass is 31.2. The number of nitriles is 1. The SMILES string of the molecule is CC(C)N(C(C)C)P(OCCC#N)O[C@H]1C[C@H](n2ccc(NC(=O)COc3ccc(C(C)(C)C)cc3)nc2=O)O[C@@H]1COC(=O)Oc1ccc([N+](=O)[O-])cc1. The van der Waals surface area contributed by atoms with Crippen molar-refractivity contribution >= 4 is 32.1 Å². The minimum absolute atomic E-state index is 0.00770. The van der Waals surface area contributed by atoms with Crippen LogP contribution in [0.1, 0.15) is 73.1 Å². The fourth-order valence-corrected chi connectivity index (χ4v) is 7.29. The van der Waals surface area contributed by atoms with Crippen molar-refractivity contribution in [2.75, 3.05) is 25.1 Å². The molecule has 3 aromatic rings. The predicted octanol–water partition coefficient (Wildman–Crippen LogP) is 6.63. The molecule has 1 amide bonds. The molecule has 4 atom stereocenters. The van der Waals surface area contributed by atoms with Gasteiger partial charge in [-0.1, -0.05) is 32.9 Å². The summed E-state index contributed by atoms with van der Waals surface area (Å²) in [6, 6.07) is 15.8. The lowest BCUT2D eigenvalue weighted by atomic mass is 9.87. The van der Waals surface area contributed by atoms with Crippen molar-refractivity contribution in [3.05, 3.63) is 87.0 Å². The number of nitro groups is 1. The second-order valence-electron chi connectivity index (χ2n) is 14.1. The van der Waals surface area contributed by atoms with Gasteiger partial charge in [0.1, 0.15) is 36.3 Å². The molecule has 17 nitrogen and oxygen atoms in total. The molecule has 55 heavy (non-hydrogen) atoms. The summed E-state index contributed by atoms with van der Waals surface area (Å²) in [6.07, 6.45) is -2.03. The standard InChI is InChI=1S/C37H47N6O11P/c1-24(2)42(25(3)4)55(51-20-8-18-38)54-30-21-34(53-31(30)22-50-36(46)52-29-15-11-27(12-16-29)43(47)48)41-19-17-32(40-35(41)45)39-33(44)23-49-28-13-9-26(10-14-28)37(5,6)7/h9-17,19,24-25,30-31,34H,8,20-23H2,1-7H3,(H,39,40,44,45)/t30-,31+,34+,55?/m0/s1. The first-order chi connectivity index (χ1) is 26.0. The number of nitrogens with one attached hydrogen (secondary N) is 1. The molecule has 1 N–H and O–H groups in total. The number of non-ortho nitro benzene ring substituents is 1. The summed E-state index contributed by atoms with van der Waals surface area (Å²) in [6.45, 7) is 13.7. The number of aromatic nitrogens is 2. The maximum Gasteiger partial charge on any atom is 0.513 e. The maximum atomic E-state index is 13.3. The topological polar surface area (TPSA) is 207 Å². The molecule has 1 saturated heterocycles. The molecule has 1 aliphatic rings. The largest absolute Gasteiger partial charge is 0.513 e. The average Bonchev–Trinajstić information content (AvgIpc) is 3.51. The highest BCUT2D eigenvalue weighted by Gasteiger charge is 2.42. The molecular weight excluding hydrogens is 735 g/mol. The van der Waals surface area contributed by atoms with Crippen molar-refractivity contribution in [2.45, 2.75) is 97.2 Å². The van der Waals surface area contributed by atoms with Gasteiger partial charge in [-0.15, -0.1) is 0 Å². The predicted molar refractivity (Wildman–Crippen MR) is 201 cm³/mol. The van der Waals surface area contributed by atoms with Gasteiger partial charge in [0.05, 0.1) is 30.1 Å². The fourth-order valence-electron chi connectivity index (χ4n) is 5.53. The Labute approximate surface area is 320 Å². The van der Waals surface area contributed by atoms with Crippen LogP contribution in [0.3, 0.4) is 0 Å². The van der Waals surface area contributed by atoms with Crippen molar-refractivity contribution in [2.24, 2.45) is 0 Å². The number of carbonyl (C=O) groups is 2. The monoisotopic (exact) mass is 782 g/mol. The van der Waals surface area contributed by atoms with Crippen LogP contribution in [-0.4, -0.2) is 75.3 Å². The van der Waals surface area contributed by atoms with E-state index in [2.05, 4.69) is 37.1 Å². The van der Waals surface area contributed by atoms with Gasteiger partial charge < -0.3 is 33.3 Å². The lowest BCUT2D eigenvalue weighted by molar-refractivity contribution is -0.384. The summed E-state index contributed by atoms with van der Waals surface area (Å²) >= 11 is 0. The normalized spacial score (nSPS) is 17.5. The Kier molecular flexibility index (Phi) is 15.2. The third-order valence-corrected chi connectivity index (χ3v) is 10.3. The van der Waals surface area contributed by atoms with Crippen LogP contribution in [0, 0.1) is 21.4 Å². The molecule has 1 aromatic heterocycles. The molecule has 2 aromatic carbocycles. The molecule has 0 radical (unpaired) electrons. The first-order valence-corrected chi connectivity index (χ1v) is 18.8. The molecule has 2 heterocycles. The highest BCUT2D eigenvalue weighted by Crippen LogP contribution is 2.50. The van der Waals surface area contributed by atoms with Crippen LogP contribution in [0.2, 0.25) is 0 Å². The Balaban J connectivity index is 1.47. The molecule has 0 bridgehead atoms. The van der Waals surface area contributed by atoms with Gasteiger partial charge >= 0.3 is 11.8 Å².